The number of rotatable bonds is 2. The van der Waals surface area contributed by atoms with Crippen LogP contribution in [0.4, 0.5) is 5.69 Å². The third-order valence-corrected chi connectivity index (χ3v) is 5.24. The SMILES string of the molecule is [C-]#[N+]c1cc(-c2ccccc2)cc(C#N)c1-n1c2ccccc2c2ccccc21. The average Bonchev–Trinajstić information content (AvgIpc) is 3.13. The van der Waals surface area contributed by atoms with Gasteiger partial charge in [0.1, 0.15) is 0 Å². The number of nitriles is 1. The Morgan fingerprint density at radius 3 is 1.90 bits per heavy atom. The molecule has 0 aliphatic carbocycles. The zero-order chi connectivity index (χ0) is 19.8. The van der Waals surface area contributed by atoms with Crippen molar-refractivity contribution in [2.75, 3.05) is 0 Å². The van der Waals surface area contributed by atoms with Crippen LogP contribution in [0.1, 0.15) is 5.56 Å². The Labute approximate surface area is 168 Å². The minimum atomic E-state index is 0.467. The second-order valence-electron chi connectivity index (χ2n) is 6.85. The summed E-state index contributed by atoms with van der Waals surface area (Å²) in [5, 5.41) is 12.2. The quantitative estimate of drug-likeness (QED) is 0.312. The highest BCUT2D eigenvalue weighted by Gasteiger charge is 2.19. The van der Waals surface area contributed by atoms with Gasteiger partial charge in [-0.15, -0.1) is 0 Å². The van der Waals surface area contributed by atoms with Crippen LogP contribution in [0.5, 0.6) is 0 Å². The van der Waals surface area contributed by atoms with E-state index >= 15 is 0 Å². The molecule has 3 nitrogen and oxygen atoms in total. The summed E-state index contributed by atoms with van der Waals surface area (Å²) in [7, 11) is 0. The highest BCUT2D eigenvalue weighted by Crippen LogP contribution is 2.39. The molecule has 1 aromatic heterocycles. The first kappa shape index (κ1) is 16.8. The molecule has 0 saturated heterocycles. The van der Waals surface area contributed by atoms with Gasteiger partial charge in [-0.05, 0) is 35.4 Å². The molecule has 0 bridgehead atoms. The summed E-state index contributed by atoms with van der Waals surface area (Å²) >= 11 is 0. The van der Waals surface area contributed by atoms with Gasteiger partial charge in [-0.25, -0.2) is 4.85 Å². The van der Waals surface area contributed by atoms with Crippen LogP contribution in [0.25, 0.3) is 43.5 Å². The van der Waals surface area contributed by atoms with Gasteiger partial charge in [0.2, 0.25) is 5.69 Å². The van der Waals surface area contributed by atoms with Crippen molar-refractivity contribution in [3.05, 3.63) is 108 Å². The molecule has 0 fully saturated rings. The van der Waals surface area contributed by atoms with E-state index < -0.39 is 0 Å². The number of hydrogen-bond acceptors (Lipinski definition) is 1. The lowest BCUT2D eigenvalue weighted by Crippen LogP contribution is -1.98. The Kier molecular flexibility index (Phi) is 3.87. The fourth-order valence-electron chi connectivity index (χ4n) is 3.99. The van der Waals surface area contributed by atoms with Gasteiger partial charge in [-0.3, -0.25) is 0 Å². The number of nitrogens with zero attached hydrogens (tertiary/aromatic N) is 3. The van der Waals surface area contributed by atoms with Crippen molar-refractivity contribution in [2.45, 2.75) is 0 Å². The van der Waals surface area contributed by atoms with E-state index in [4.69, 9.17) is 6.57 Å². The summed E-state index contributed by atoms with van der Waals surface area (Å²) in [6, 6.07) is 32.2. The van der Waals surface area contributed by atoms with E-state index in [0.29, 0.717) is 16.9 Å². The Balaban J connectivity index is 1.90. The fraction of sp³-hybridized carbons (Fsp3) is 0. The third kappa shape index (κ3) is 2.57. The predicted octanol–water partition coefficient (Wildman–Crippen LogP) is 6.87. The number of para-hydroxylation sites is 2. The zero-order valence-electron chi connectivity index (χ0n) is 15.5. The largest absolute Gasteiger partial charge is 0.318 e. The first-order valence-electron chi connectivity index (χ1n) is 9.31. The predicted molar refractivity (Wildman–Crippen MR) is 117 cm³/mol. The Bertz CT molecular complexity index is 1370. The lowest BCUT2D eigenvalue weighted by atomic mass is 10.0. The smallest absolute Gasteiger partial charge is 0.212 e. The van der Waals surface area contributed by atoms with E-state index in [0.717, 1.165) is 32.9 Å². The van der Waals surface area contributed by atoms with Crippen LogP contribution < -0.4 is 0 Å². The fourth-order valence-corrected chi connectivity index (χ4v) is 3.99. The van der Waals surface area contributed by atoms with Crippen molar-refractivity contribution in [2.24, 2.45) is 0 Å². The van der Waals surface area contributed by atoms with Gasteiger partial charge in [-0.2, -0.15) is 5.26 Å². The molecule has 0 N–H and O–H groups in total. The summed E-state index contributed by atoms with van der Waals surface area (Å²) in [5.41, 5.74) is 5.43. The maximum absolute atomic E-state index is 9.99. The molecule has 29 heavy (non-hydrogen) atoms. The molecule has 4 aromatic carbocycles. The molecule has 0 amide bonds. The Morgan fingerprint density at radius 2 is 1.31 bits per heavy atom. The molecule has 1 heterocycles. The summed E-state index contributed by atoms with van der Waals surface area (Å²) in [6.45, 7) is 7.84. The summed E-state index contributed by atoms with van der Waals surface area (Å²) < 4.78 is 2.05. The Hall–Kier alpha value is -4.34. The monoisotopic (exact) mass is 369 g/mol. The van der Waals surface area contributed by atoms with Gasteiger partial charge >= 0.3 is 0 Å². The van der Waals surface area contributed by atoms with Crippen LogP contribution in [-0.4, -0.2) is 4.57 Å². The number of hydrogen-bond donors (Lipinski definition) is 0. The average molecular weight is 369 g/mol. The molecule has 0 unspecified atom stereocenters. The zero-order valence-corrected chi connectivity index (χ0v) is 15.5. The maximum atomic E-state index is 9.99. The molecule has 0 aliphatic rings. The van der Waals surface area contributed by atoms with Crippen LogP contribution in [0.15, 0.2) is 91.0 Å². The van der Waals surface area contributed by atoms with Crippen molar-refractivity contribution in [3.8, 4) is 22.9 Å². The molecular weight excluding hydrogens is 354 g/mol. The molecule has 0 aliphatic heterocycles. The highest BCUT2D eigenvalue weighted by atomic mass is 15.0. The van der Waals surface area contributed by atoms with E-state index in [1.165, 1.54) is 0 Å². The lowest BCUT2D eigenvalue weighted by molar-refractivity contribution is 1.17. The van der Waals surface area contributed by atoms with Crippen molar-refractivity contribution in [3.63, 3.8) is 0 Å². The maximum Gasteiger partial charge on any atom is 0.212 e. The molecule has 0 spiro atoms. The van der Waals surface area contributed by atoms with Crippen molar-refractivity contribution < 1.29 is 0 Å². The van der Waals surface area contributed by atoms with E-state index in [-0.39, 0.29) is 0 Å². The second-order valence-corrected chi connectivity index (χ2v) is 6.85. The molecule has 0 saturated carbocycles. The number of benzene rings is 4. The van der Waals surface area contributed by atoms with E-state index in [2.05, 4.69) is 23.0 Å². The summed E-state index contributed by atoms with van der Waals surface area (Å²) in [5.74, 6) is 0. The molecule has 5 aromatic rings. The third-order valence-electron chi connectivity index (χ3n) is 5.24. The van der Waals surface area contributed by atoms with Gasteiger partial charge in [0, 0.05) is 10.8 Å². The molecule has 5 rings (SSSR count). The van der Waals surface area contributed by atoms with Gasteiger partial charge in [-0.1, -0.05) is 66.7 Å². The number of aromatic nitrogens is 1. The van der Waals surface area contributed by atoms with E-state index in [1.807, 2.05) is 83.4 Å². The number of fused-ring (bicyclic) bond motifs is 3. The first-order chi connectivity index (χ1) is 14.3. The topological polar surface area (TPSA) is 33.1 Å². The van der Waals surface area contributed by atoms with Crippen LogP contribution in [-0.2, 0) is 0 Å². The van der Waals surface area contributed by atoms with Gasteiger partial charge in [0.25, 0.3) is 0 Å². The standard InChI is InChI=1S/C26H15N3/c1-28-23-16-19(18-9-3-2-4-10-18)15-20(17-27)26(23)29-24-13-7-5-11-21(24)22-12-6-8-14-25(22)29/h2-16H. The van der Waals surface area contributed by atoms with Crippen molar-refractivity contribution in [1.82, 2.24) is 4.57 Å². The van der Waals surface area contributed by atoms with Gasteiger partial charge in [0.05, 0.1) is 34.9 Å². The molecular formula is C26H15N3. The minimum absolute atomic E-state index is 0.467. The van der Waals surface area contributed by atoms with Crippen molar-refractivity contribution >= 4 is 27.5 Å². The second kappa shape index (κ2) is 6.68. The first-order valence-corrected chi connectivity index (χ1v) is 9.31. The summed E-state index contributed by atoms with van der Waals surface area (Å²) in [6.07, 6.45) is 0. The minimum Gasteiger partial charge on any atom is -0.318 e. The highest BCUT2D eigenvalue weighted by molar-refractivity contribution is 6.10. The normalized spacial score (nSPS) is 10.7. The van der Waals surface area contributed by atoms with E-state index in [1.54, 1.807) is 0 Å². The molecule has 0 radical (unpaired) electrons. The molecule has 0 atom stereocenters. The van der Waals surface area contributed by atoms with Crippen LogP contribution >= 0.6 is 0 Å². The van der Waals surface area contributed by atoms with E-state index in [9.17, 15) is 5.26 Å². The molecule has 134 valence electrons. The van der Waals surface area contributed by atoms with Crippen LogP contribution in [0.3, 0.4) is 0 Å². The van der Waals surface area contributed by atoms with Gasteiger partial charge in [0.15, 0.2) is 0 Å². The summed E-state index contributed by atoms with van der Waals surface area (Å²) in [4.78, 5) is 3.81. The Morgan fingerprint density at radius 1 is 0.724 bits per heavy atom. The molecule has 3 heteroatoms. The van der Waals surface area contributed by atoms with Gasteiger partial charge < -0.3 is 4.57 Å². The lowest BCUT2D eigenvalue weighted by Gasteiger charge is -2.14. The van der Waals surface area contributed by atoms with Crippen molar-refractivity contribution in [1.29, 1.82) is 5.26 Å². The van der Waals surface area contributed by atoms with Crippen LogP contribution in [0.2, 0.25) is 0 Å². The van der Waals surface area contributed by atoms with Crippen LogP contribution in [0, 0.1) is 17.9 Å².